The average molecular weight is 442 g/mol. The molecule has 5 aromatic heterocycles. The molecule has 0 N–H and O–H groups in total. The molecular weight excluding hydrogens is 425 g/mol. The second kappa shape index (κ2) is 7.04. The lowest BCUT2D eigenvalue weighted by Crippen LogP contribution is -2.07. The standard InChI is InChI=1S/C20H17F3N8O/c1-11-27-18-15(30(11)9-13-7-16(20(21,22)23)28-29(13)2)6-12(8-24-18)14-4-5-31-17(14)19(32-3)25-10-26-31/h4-8,10H,9H2,1-3H3. The van der Waals surface area contributed by atoms with Crippen molar-refractivity contribution in [2.45, 2.75) is 19.6 Å². The molecule has 0 fully saturated rings. The van der Waals surface area contributed by atoms with Crippen LogP contribution < -0.4 is 4.74 Å². The van der Waals surface area contributed by atoms with Gasteiger partial charge in [0, 0.05) is 30.6 Å². The normalized spacial score (nSPS) is 12.2. The molecule has 12 heteroatoms. The van der Waals surface area contributed by atoms with Crippen molar-refractivity contribution < 1.29 is 17.9 Å². The first kappa shape index (κ1) is 20.0. The van der Waals surface area contributed by atoms with Crippen molar-refractivity contribution in [3.8, 4) is 17.0 Å². The number of alkyl halides is 3. The largest absolute Gasteiger partial charge is 0.479 e. The van der Waals surface area contributed by atoms with E-state index in [1.54, 1.807) is 23.8 Å². The number of methoxy groups -OCH3 is 1. The molecule has 0 radical (unpaired) electrons. The van der Waals surface area contributed by atoms with E-state index in [-0.39, 0.29) is 6.54 Å². The first-order valence-corrected chi connectivity index (χ1v) is 9.56. The molecule has 0 saturated carbocycles. The maximum Gasteiger partial charge on any atom is 0.435 e. The monoisotopic (exact) mass is 442 g/mol. The quantitative estimate of drug-likeness (QED) is 0.425. The van der Waals surface area contributed by atoms with Crippen molar-refractivity contribution in [3.05, 3.63) is 54.1 Å². The summed E-state index contributed by atoms with van der Waals surface area (Å²) in [6, 6.07) is 4.82. The molecule has 0 aliphatic heterocycles. The summed E-state index contributed by atoms with van der Waals surface area (Å²) < 4.78 is 49.3. The van der Waals surface area contributed by atoms with Gasteiger partial charge in [-0.3, -0.25) is 4.68 Å². The Bertz CT molecular complexity index is 1460. The van der Waals surface area contributed by atoms with Gasteiger partial charge in [-0.1, -0.05) is 0 Å². The molecule has 0 aliphatic carbocycles. The molecule has 0 atom stereocenters. The highest BCUT2D eigenvalue weighted by molar-refractivity contribution is 5.87. The summed E-state index contributed by atoms with van der Waals surface area (Å²) >= 11 is 0. The van der Waals surface area contributed by atoms with Gasteiger partial charge in [-0.2, -0.15) is 28.4 Å². The van der Waals surface area contributed by atoms with Crippen LogP contribution in [0.25, 0.3) is 27.8 Å². The third kappa shape index (κ3) is 3.15. The highest BCUT2D eigenvalue weighted by Crippen LogP contribution is 2.32. The first-order chi connectivity index (χ1) is 15.3. The number of pyridine rings is 1. The van der Waals surface area contributed by atoms with E-state index in [1.807, 2.05) is 16.7 Å². The van der Waals surface area contributed by atoms with Crippen LogP contribution in [0.3, 0.4) is 0 Å². The summed E-state index contributed by atoms with van der Waals surface area (Å²) in [6.07, 6.45) is 0.371. The molecule has 9 nitrogen and oxygen atoms in total. The van der Waals surface area contributed by atoms with Crippen LogP contribution in [0.2, 0.25) is 0 Å². The molecule has 0 aliphatic rings. The molecule has 0 saturated heterocycles. The zero-order valence-corrected chi connectivity index (χ0v) is 17.3. The molecule has 0 aromatic carbocycles. The Kier molecular flexibility index (Phi) is 4.39. The summed E-state index contributed by atoms with van der Waals surface area (Å²) in [6.45, 7) is 1.95. The van der Waals surface area contributed by atoms with Gasteiger partial charge in [0.05, 0.1) is 24.9 Å². The Hall–Kier alpha value is -3.96. The molecule has 0 amide bonds. The average Bonchev–Trinajstić information content (AvgIpc) is 3.43. The van der Waals surface area contributed by atoms with Gasteiger partial charge in [-0.05, 0) is 25.1 Å². The smallest absolute Gasteiger partial charge is 0.435 e. The Labute approximate surface area is 179 Å². The molecule has 0 unspecified atom stereocenters. The lowest BCUT2D eigenvalue weighted by molar-refractivity contribution is -0.141. The van der Waals surface area contributed by atoms with Crippen LogP contribution in [-0.2, 0) is 19.8 Å². The summed E-state index contributed by atoms with van der Waals surface area (Å²) in [5.41, 5.74) is 2.91. The molecular formula is C20H17F3N8O. The molecule has 5 aromatic rings. The third-order valence-corrected chi connectivity index (χ3v) is 5.31. The molecule has 0 spiro atoms. The van der Waals surface area contributed by atoms with Gasteiger partial charge in [-0.15, -0.1) is 0 Å². The van der Waals surface area contributed by atoms with Crippen molar-refractivity contribution in [2.24, 2.45) is 7.05 Å². The number of fused-ring (bicyclic) bond motifs is 2. The zero-order chi connectivity index (χ0) is 22.6. The summed E-state index contributed by atoms with van der Waals surface area (Å²) in [7, 11) is 3.02. The van der Waals surface area contributed by atoms with Crippen LogP contribution >= 0.6 is 0 Å². The number of aromatic nitrogens is 8. The van der Waals surface area contributed by atoms with Gasteiger partial charge in [0.25, 0.3) is 0 Å². The van der Waals surface area contributed by atoms with Crippen LogP contribution in [-0.4, -0.2) is 46.0 Å². The highest BCUT2D eigenvalue weighted by Gasteiger charge is 2.34. The SMILES string of the molecule is COc1ncnn2ccc(-c3cnc4nc(C)n(Cc5cc(C(F)(F)F)nn5C)c4c3)c12. The third-order valence-electron chi connectivity index (χ3n) is 5.31. The van der Waals surface area contributed by atoms with E-state index < -0.39 is 11.9 Å². The number of ether oxygens (including phenoxy) is 1. The van der Waals surface area contributed by atoms with Gasteiger partial charge in [0.2, 0.25) is 5.88 Å². The first-order valence-electron chi connectivity index (χ1n) is 9.56. The van der Waals surface area contributed by atoms with Crippen molar-refractivity contribution in [2.75, 3.05) is 7.11 Å². The van der Waals surface area contributed by atoms with Gasteiger partial charge in [-0.25, -0.2) is 14.5 Å². The Morgan fingerprint density at radius 1 is 1.16 bits per heavy atom. The minimum Gasteiger partial charge on any atom is -0.479 e. The van der Waals surface area contributed by atoms with Crippen molar-refractivity contribution >= 4 is 16.7 Å². The van der Waals surface area contributed by atoms with Crippen molar-refractivity contribution in [3.63, 3.8) is 0 Å². The number of rotatable bonds is 4. The molecule has 5 heterocycles. The van der Waals surface area contributed by atoms with Crippen LogP contribution in [0.5, 0.6) is 5.88 Å². The van der Waals surface area contributed by atoms with E-state index in [4.69, 9.17) is 4.74 Å². The highest BCUT2D eigenvalue weighted by atomic mass is 19.4. The molecule has 164 valence electrons. The van der Waals surface area contributed by atoms with Crippen molar-refractivity contribution in [1.29, 1.82) is 0 Å². The summed E-state index contributed by atoms with van der Waals surface area (Å²) in [5, 5.41) is 7.79. The Balaban J connectivity index is 1.62. The number of hydrogen-bond donors (Lipinski definition) is 0. The van der Waals surface area contributed by atoms with E-state index in [9.17, 15) is 13.2 Å². The van der Waals surface area contributed by atoms with Crippen LogP contribution in [0.15, 0.2) is 36.9 Å². The lowest BCUT2D eigenvalue weighted by atomic mass is 10.1. The summed E-state index contributed by atoms with van der Waals surface area (Å²) in [5.74, 6) is 1.04. The number of halogens is 3. The minimum atomic E-state index is -4.51. The predicted octanol–water partition coefficient (Wildman–Crippen LogP) is 3.26. The molecule has 5 rings (SSSR count). The topological polar surface area (TPSA) is 87.9 Å². The van der Waals surface area contributed by atoms with Gasteiger partial charge >= 0.3 is 6.18 Å². The van der Waals surface area contributed by atoms with Crippen LogP contribution in [0, 0.1) is 6.92 Å². The van der Waals surface area contributed by atoms with E-state index in [2.05, 4.69) is 25.1 Å². The fourth-order valence-electron chi connectivity index (χ4n) is 3.73. The lowest BCUT2D eigenvalue weighted by Gasteiger charge is -2.08. The van der Waals surface area contributed by atoms with Crippen molar-refractivity contribution in [1.82, 2.24) is 38.9 Å². The van der Waals surface area contributed by atoms with E-state index >= 15 is 0 Å². The minimum absolute atomic E-state index is 0.163. The maximum atomic E-state index is 13.1. The van der Waals surface area contributed by atoms with Crippen LogP contribution in [0.4, 0.5) is 13.2 Å². The Morgan fingerprint density at radius 3 is 2.69 bits per heavy atom. The predicted molar refractivity (Wildman–Crippen MR) is 108 cm³/mol. The number of nitrogens with zero attached hydrogens (tertiary/aromatic N) is 8. The maximum absolute atomic E-state index is 13.1. The fraction of sp³-hybridized carbons (Fsp3) is 0.250. The summed E-state index contributed by atoms with van der Waals surface area (Å²) in [4.78, 5) is 13.1. The Morgan fingerprint density at radius 2 is 1.97 bits per heavy atom. The van der Waals surface area contributed by atoms with E-state index in [0.717, 1.165) is 17.2 Å². The molecule has 32 heavy (non-hydrogen) atoms. The second-order valence-corrected chi connectivity index (χ2v) is 7.25. The van der Waals surface area contributed by atoms with Gasteiger partial charge in [0.15, 0.2) is 11.3 Å². The van der Waals surface area contributed by atoms with Gasteiger partial charge < -0.3 is 9.30 Å². The second-order valence-electron chi connectivity index (χ2n) is 7.25. The molecule has 0 bridgehead atoms. The van der Waals surface area contributed by atoms with E-state index in [1.165, 1.54) is 25.2 Å². The van der Waals surface area contributed by atoms with E-state index in [0.29, 0.717) is 34.1 Å². The number of hydrogen-bond acceptors (Lipinski definition) is 6. The number of aryl methyl sites for hydroxylation is 2. The van der Waals surface area contributed by atoms with Crippen LogP contribution in [0.1, 0.15) is 17.2 Å². The van der Waals surface area contributed by atoms with Gasteiger partial charge in [0.1, 0.15) is 17.7 Å². The number of imidazole rings is 1. The fourth-order valence-corrected chi connectivity index (χ4v) is 3.73. The zero-order valence-electron chi connectivity index (χ0n) is 17.3.